The number of ether oxygens (including phenoxy) is 1. The summed E-state index contributed by atoms with van der Waals surface area (Å²) in [4.78, 5) is 43.3. The van der Waals surface area contributed by atoms with E-state index in [0.717, 1.165) is 35.9 Å². The fourth-order valence-corrected chi connectivity index (χ4v) is 7.46. The number of carbonyl (C=O) groups is 2. The minimum Gasteiger partial charge on any atom is -0.465 e. The van der Waals surface area contributed by atoms with Crippen molar-refractivity contribution in [3.63, 3.8) is 0 Å². The Morgan fingerprint density at radius 3 is 2.16 bits per heavy atom. The van der Waals surface area contributed by atoms with Crippen molar-refractivity contribution in [3.05, 3.63) is 83.6 Å². The first-order valence-electron chi connectivity index (χ1n) is 16.6. The summed E-state index contributed by atoms with van der Waals surface area (Å²) >= 11 is 0. The SMILES string of the molecule is CC(C)(C)OC(=O)N1CCCC1c1nc2ccc(-c3ccc4c(c3)C(F)(F)c3cc(-c5cnc(C6CCCN6C(=O)O)[nH]5)ccc3-4)cc2[nH]1. The van der Waals surface area contributed by atoms with Gasteiger partial charge < -0.3 is 19.8 Å². The van der Waals surface area contributed by atoms with Crippen LogP contribution in [0.4, 0.5) is 18.4 Å². The number of nitrogens with zero attached hydrogens (tertiary/aromatic N) is 4. The standard InChI is InChI=1S/C37H36F2N6O4/c1-36(2,3)49-35(48)45-15-5-7-31(45)33-41-27-13-10-21(18-28(27)42-33)20-8-11-23-24-12-9-22(17-26(24)37(38,39)25(23)16-20)29-19-40-32(43-29)30-6-4-14-44(30)34(46)47/h8-13,16-19,30-31H,4-7,14-15H2,1-3H3,(H,40,43)(H,41,42)(H,46,47). The van der Waals surface area contributed by atoms with Crippen LogP contribution in [-0.2, 0) is 10.7 Å². The normalized spacial score (nSPS) is 19.8. The van der Waals surface area contributed by atoms with E-state index < -0.39 is 17.6 Å². The van der Waals surface area contributed by atoms with Crippen LogP contribution in [-0.4, -0.2) is 65.7 Å². The fraction of sp³-hybridized carbons (Fsp3) is 0.351. The molecule has 3 aliphatic rings. The summed E-state index contributed by atoms with van der Waals surface area (Å²) in [6, 6.07) is 15.2. The molecule has 2 unspecified atom stereocenters. The van der Waals surface area contributed by atoms with E-state index in [1.54, 1.807) is 35.4 Å². The number of amides is 2. The van der Waals surface area contributed by atoms with Gasteiger partial charge in [-0.25, -0.2) is 19.6 Å². The highest BCUT2D eigenvalue weighted by Crippen LogP contribution is 2.52. The highest BCUT2D eigenvalue weighted by atomic mass is 19.3. The first-order valence-corrected chi connectivity index (χ1v) is 16.6. The van der Waals surface area contributed by atoms with Crippen LogP contribution < -0.4 is 0 Å². The lowest BCUT2D eigenvalue weighted by Gasteiger charge is -2.27. The Morgan fingerprint density at radius 2 is 1.47 bits per heavy atom. The Labute approximate surface area is 281 Å². The van der Waals surface area contributed by atoms with E-state index >= 15 is 8.78 Å². The summed E-state index contributed by atoms with van der Waals surface area (Å²) in [6.45, 7) is 6.55. The molecule has 0 saturated carbocycles. The average Bonchev–Trinajstić information content (AvgIpc) is 3.89. The van der Waals surface area contributed by atoms with Gasteiger partial charge in [-0.05, 0) is 93.0 Å². The Kier molecular flexibility index (Phi) is 7.06. The number of hydrogen-bond acceptors (Lipinski definition) is 5. The number of aromatic nitrogens is 4. The molecule has 2 fully saturated rings. The van der Waals surface area contributed by atoms with Crippen LogP contribution in [0.1, 0.15) is 81.3 Å². The first-order chi connectivity index (χ1) is 23.4. The quantitative estimate of drug-likeness (QED) is 0.176. The molecule has 0 radical (unpaired) electrons. The van der Waals surface area contributed by atoms with Gasteiger partial charge in [-0.15, -0.1) is 0 Å². The third-order valence-electron chi connectivity index (χ3n) is 9.76. The molecular weight excluding hydrogens is 630 g/mol. The maximum atomic E-state index is 16.2. The lowest BCUT2D eigenvalue weighted by molar-refractivity contribution is 0.0218. The number of likely N-dealkylation sites (tertiary alicyclic amines) is 2. The second-order valence-corrected chi connectivity index (χ2v) is 14.1. The molecule has 2 amide bonds. The zero-order chi connectivity index (χ0) is 34.2. The van der Waals surface area contributed by atoms with Gasteiger partial charge in [-0.1, -0.05) is 30.3 Å². The highest BCUT2D eigenvalue weighted by molar-refractivity contribution is 5.87. The van der Waals surface area contributed by atoms with Gasteiger partial charge in [0.15, 0.2) is 0 Å². The van der Waals surface area contributed by atoms with Gasteiger partial charge in [0.2, 0.25) is 0 Å². The molecule has 1 aliphatic carbocycles. The molecule has 8 rings (SSSR count). The molecule has 4 heterocycles. The van der Waals surface area contributed by atoms with E-state index in [9.17, 15) is 14.7 Å². The van der Waals surface area contributed by atoms with Crippen molar-refractivity contribution in [2.45, 2.75) is 70.1 Å². The number of rotatable bonds is 4. The van der Waals surface area contributed by atoms with Crippen LogP contribution in [0.15, 0.2) is 60.8 Å². The van der Waals surface area contributed by atoms with Crippen LogP contribution >= 0.6 is 0 Å². The van der Waals surface area contributed by atoms with Crippen LogP contribution in [0.3, 0.4) is 0 Å². The zero-order valence-electron chi connectivity index (χ0n) is 27.4. The van der Waals surface area contributed by atoms with Gasteiger partial charge in [0.25, 0.3) is 5.92 Å². The molecule has 0 spiro atoms. The van der Waals surface area contributed by atoms with Gasteiger partial charge in [-0.2, -0.15) is 8.78 Å². The topological polar surface area (TPSA) is 127 Å². The van der Waals surface area contributed by atoms with Crippen molar-refractivity contribution < 1.29 is 28.2 Å². The van der Waals surface area contributed by atoms with Gasteiger partial charge in [-0.3, -0.25) is 9.80 Å². The summed E-state index contributed by atoms with van der Waals surface area (Å²) < 4.78 is 38.0. The minimum absolute atomic E-state index is 0.0603. The number of imidazole rings is 2. The van der Waals surface area contributed by atoms with E-state index in [0.29, 0.717) is 59.1 Å². The van der Waals surface area contributed by atoms with E-state index in [2.05, 4.69) is 15.0 Å². The smallest absolute Gasteiger partial charge is 0.410 e. The summed E-state index contributed by atoms with van der Waals surface area (Å²) in [5, 5.41) is 9.53. The number of halogens is 2. The number of benzene rings is 3. The van der Waals surface area contributed by atoms with Crippen molar-refractivity contribution in [1.82, 2.24) is 29.7 Å². The Morgan fingerprint density at radius 1 is 0.857 bits per heavy atom. The van der Waals surface area contributed by atoms with Crippen LogP contribution in [0, 0.1) is 0 Å². The third kappa shape index (κ3) is 5.30. The first kappa shape index (κ1) is 31.0. The molecule has 2 aliphatic heterocycles. The van der Waals surface area contributed by atoms with E-state index in [1.165, 1.54) is 11.0 Å². The predicted octanol–water partition coefficient (Wildman–Crippen LogP) is 8.63. The van der Waals surface area contributed by atoms with Gasteiger partial charge in [0.05, 0.1) is 35.0 Å². The van der Waals surface area contributed by atoms with Gasteiger partial charge in [0, 0.05) is 29.8 Å². The Bertz CT molecular complexity index is 2130. The molecule has 2 aromatic heterocycles. The predicted molar refractivity (Wildman–Crippen MR) is 179 cm³/mol. The van der Waals surface area contributed by atoms with Crippen LogP contribution in [0.2, 0.25) is 0 Å². The lowest BCUT2D eigenvalue weighted by Crippen LogP contribution is -2.36. The number of H-pyrrole nitrogens is 2. The second-order valence-electron chi connectivity index (χ2n) is 14.1. The number of carboxylic acid groups (broad SMARTS) is 1. The number of carbonyl (C=O) groups excluding carboxylic acids is 1. The van der Waals surface area contributed by atoms with E-state index in [1.807, 2.05) is 45.0 Å². The summed E-state index contributed by atoms with van der Waals surface area (Å²) in [5.41, 5.74) is 4.23. The number of hydrogen-bond donors (Lipinski definition) is 3. The largest absolute Gasteiger partial charge is 0.465 e. The third-order valence-corrected chi connectivity index (χ3v) is 9.76. The van der Waals surface area contributed by atoms with Crippen molar-refractivity contribution in [2.24, 2.45) is 0 Å². The van der Waals surface area contributed by atoms with Crippen LogP contribution in [0.25, 0.3) is 44.5 Å². The molecule has 2 saturated heterocycles. The summed E-state index contributed by atoms with van der Waals surface area (Å²) in [6.07, 6.45) is 3.21. The van der Waals surface area contributed by atoms with E-state index in [4.69, 9.17) is 9.72 Å². The van der Waals surface area contributed by atoms with Crippen molar-refractivity contribution in [3.8, 4) is 33.5 Å². The monoisotopic (exact) mass is 666 g/mol. The van der Waals surface area contributed by atoms with Crippen molar-refractivity contribution in [1.29, 1.82) is 0 Å². The maximum Gasteiger partial charge on any atom is 0.410 e. The fourth-order valence-electron chi connectivity index (χ4n) is 7.46. The van der Waals surface area contributed by atoms with E-state index in [-0.39, 0.29) is 29.3 Å². The maximum absolute atomic E-state index is 16.2. The molecule has 49 heavy (non-hydrogen) atoms. The van der Waals surface area contributed by atoms with Gasteiger partial charge >= 0.3 is 12.2 Å². The second kappa shape index (κ2) is 11.1. The molecule has 2 atom stereocenters. The molecule has 0 bridgehead atoms. The number of aromatic amines is 2. The number of fused-ring (bicyclic) bond motifs is 4. The molecule has 3 N–H and O–H groups in total. The molecule has 252 valence electrons. The van der Waals surface area contributed by atoms with Crippen molar-refractivity contribution >= 4 is 23.2 Å². The van der Waals surface area contributed by atoms with Crippen LogP contribution in [0.5, 0.6) is 0 Å². The van der Waals surface area contributed by atoms with Gasteiger partial charge in [0.1, 0.15) is 17.2 Å². The molecular formula is C37H36F2N6O4. The zero-order valence-corrected chi connectivity index (χ0v) is 27.4. The lowest BCUT2D eigenvalue weighted by atomic mass is 9.98. The molecule has 10 nitrogen and oxygen atoms in total. The molecule has 5 aromatic rings. The average molecular weight is 667 g/mol. The number of alkyl halides is 2. The Hall–Kier alpha value is -5.26. The number of nitrogens with one attached hydrogen (secondary N) is 2. The summed E-state index contributed by atoms with van der Waals surface area (Å²) in [7, 11) is 0. The Balaban J connectivity index is 1.06. The molecule has 12 heteroatoms. The summed E-state index contributed by atoms with van der Waals surface area (Å²) in [5.74, 6) is -2.04. The highest BCUT2D eigenvalue weighted by Gasteiger charge is 2.45. The minimum atomic E-state index is -3.23. The van der Waals surface area contributed by atoms with Crippen molar-refractivity contribution in [2.75, 3.05) is 13.1 Å². The molecule has 3 aromatic carbocycles.